The summed E-state index contributed by atoms with van der Waals surface area (Å²) in [5.74, 6) is 0.722. The van der Waals surface area contributed by atoms with E-state index in [2.05, 4.69) is 15.4 Å². The summed E-state index contributed by atoms with van der Waals surface area (Å²) in [4.78, 5) is 17.9. The van der Waals surface area contributed by atoms with Crippen molar-refractivity contribution in [1.82, 2.24) is 10.1 Å². The van der Waals surface area contributed by atoms with Crippen LogP contribution >= 0.6 is 0 Å². The number of anilines is 2. The van der Waals surface area contributed by atoms with Gasteiger partial charge >= 0.3 is 0 Å². The first kappa shape index (κ1) is 18.2. The SMILES string of the molecule is CN(C)c1cc(NCCN2CCCCC2)c2c3c(onc13)-c1ccccc1C2=O. The number of hydrogen-bond acceptors (Lipinski definition) is 6. The van der Waals surface area contributed by atoms with Crippen molar-refractivity contribution >= 4 is 28.1 Å². The molecule has 2 aliphatic rings. The van der Waals surface area contributed by atoms with Crippen molar-refractivity contribution in [3.8, 4) is 11.3 Å². The standard InChI is InChI=1S/C23H26N4O2/c1-26(2)18-14-17(24-10-13-27-11-6-3-7-12-27)19-20-21(18)25-29-23(20)16-9-5-4-8-15(16)22(19)28/h4-5,8-9,14,24H,3,6-7,10-13H2,1-2H3. The van der Waals surface area contributed by atoms with Crippen molar-refractivity contribution in [3.05, 3.63) is 41.5 Å². The van der Waals surface area contributed by atoms with Crippen molar-refractivity contribution in [2.24, 2.45) is 0 Å². The van der Waals surface area contributed by atoms with Crippen LogP contribution in [0.25, 0.3) is 22.2 Å². The Kier molecular flexibility index (Phi) is 4.51. The molecule has 29 heavy (non-hydrogen) atoms. The van der Waals surface area contributed by atoms with Gasteiger partial charge in [-0.2, -0.15) is 0 Å². The highest BCUT2D eigenvalue weighted by atomic mass is 16.5. The Hall–Kier alpha value is -2.86. The van der Waals surface area contributed by atoms with Crippen LogP contribution in [0.2, 0.25) is 0 Å². The van der Waals surface area contributed by atoms with Crippen LogP contribution in [0, 0.1) is 0 Å². The lowest BCUT2D eigenvalue weighted by molar-refractivity contribution is 0.104. The number of carbonyl (C=O) groups excluding carboxylic acids is 1. The molecular weight excluding hydrogens is 364 g/mol. The molecule has 150 valence electrons. The van der Waals surface area contributed by atoms with Crippen LogP contribution in [0.5, 0.6) is 0 Å². The molecule has 1 aromatic heterocycles. The molecule has 3 aromatic rings. The Labute approximate surface area is 170 Å². The van der Waals surface area contributed by atoms with Gasteiger partial charge in [-0.1, -0.05) is 35.8 Å². The van der Waals surface area contributed by atoms with Crippen LogP contribution in [-0.4, -0.2) is 56.1 Å². The fourth-order valence-electron chi connectivity index (χ4n) is 4.55. The molecule has 2 heterocycles. The molecule has 0 atom stereocenters. The average Bonchev–Trinajstić information content (AvgIpc) is 3.18. The normalized spacial score (nSPS) is 16.1. The van der Waals surface area contributed by atoms with Crippen LogP contribution in [0.4, 0.5) is 11.4 Å². The van der Waals surface area contributed by atoms with E-state index in [1.165, 1.54) is 32.4 Å². The molecule has 6 nitrogen and oxygen atoms in total. The molecule has 1 saturated heterocycles. The molecule has 6 heteroatoms. The highest BCUT2D eigenvalue weighted by molar-refractivity contribution is 6.28. The number of benzene rings is 2. The molecule has 5 rings (SSSR count). The molecule has 0 unspecified atom stereocenters. The summed E-state index contributed by atoms with van der Waals surface area (Å²) in [7, 11) is 3.98. The first-order valence-electron chi connectivity index (χ1n) is 10.4. The van der Waals surface area contributed by atoms with E-state index in [0.29, 0.717) is 16.9 Å². The number of rotatable bonds is 5. The number of nitrogens with one attached hydrogen (secondary N) is 1. The lowest BCUT2D eigenvalue weighted by Gasteiger charge is -2.27. The van der Waals surface area contributed by atoms with Gasteiger partial charge in [0.25, 0.3) is 0 Å². The lowest BCUT2D eigenvalue weighted by Crippen LogP contribution is -2.34. The Bertz CT molecular complexity index is 1080. The minimum Gasteiger partial charge on any atom is -0.383 e. The number of carbonyl (C=O) groups is 1. The molecule has 0 radical (unpaired) electrons. The first-order chi connectivity index (χ1) is 14.1. The van der Waals surface area contributed by atoms with Crippen LogP contribution < -0.4 is 10.2 Å². The van der Waals surface area contributed by atoms with E-state index in [1.54, 1.807) is 0 Å². The second-order valence-corrected chi connectivity index (χ2v) is 8.15. The third kappa shape index (κ3) is 2.99. The quantitative estimate of drug-likeness (QED) is 0.556. The molecule has 1 aliphatic carbocycles. The summed E-state index contributed by atoms with van der Waals surface area (Å²) in [5, 5.41) is 8.71. The summed E-state index contributed by atoms with van der Waals surface area (Å²) in [5.41, 5.74) is 4.73. The largest absolute Gasteiger partial charge is 0.383 e. The van der Waals surface area contributed by atoms with E-state index in [9.17, 15) is 4.79 Å². The van der Waals surface area contributed by atoms with Crippen molar-refractivity contribution < 1.29 is 9.32 Å². The number of likely N-dealkylation sites (tertiary alicyclic amines) is 1. The second-order valence-electron chi connectivity index (χ2n) is 8.15. The Morgan fingerprint density at radius 3 is 2.66 bits per heavy atom. The van der Waals surface area contributed by atoms with E-state index in [4.69, 9.17) is 4.52 Å². The predicted octanol–water partition coefficient (Wildman–Crippen LogP) is 4.00. The Morgan fingerprint density at radius 1 is 1.14 bits per heavy atom. The van der Waals surface area contributed by atoms with E-state index in [0.717, 1.165) is 40.9 Å². The molecule has 1 aliphatic heterocycles. The summed E-state index contributed by atoms with van der Waals surface area (Å²) in [6.07, 6.45) is 3.89. The second kappa shape index (κ2) is 7.19. The minimum atomic E-state index is 0.0343. The number of ketones is 1. The van der Waals surface area contributed by atoms with Crippen molar-refractivity contribution in [3.63, 3.8) is 0 Å². The zero-order chi connectivity index (χ0) is 20.0. The third-order valence-electron chi connectivity index (χ3n) is 6.05. The fourth-order valence-corrected chi connectivity index (χ4v) is 4.55. The number of piperidine rings is 1. The molecule has 1 N–H and O–H groups in total. The maximum atomic E-state index is 13.4. The van der Waals surface area contributed by atoms with Gasteiger partial charge in [-0.05, 0) is 32.0 Å². The first-order valence-corrected chi connectivity index (χ1v) is 10.4. The van der Waals surface area contributed by atoms with Crippen LogP contribution in [0.1, 0.15) is 35.2 Å². The van der Waals surface area contributed by atoms with E-state index < -0.39 is 0 Å². The molecule has 2 aromatic carbocycles. The molecule has 1 fully saturated rings. The zero-order valence-corrected chi connectivity index (χ0v) is 17.0. The van der Waals surface area contributed by atoms with Gasteiger partial charge in [0.2, 0.25) is 0 Å². The van der Waals surface area contributed by atoms with E-state index in [1.807, 2.05) is 49.3 Å². The molecule has 0 amide bonds. The van der Waals surface area contributed by atoms with Crippen LogP contribution in [0.15, 0.2) is 34.9 Å². The van der Waals surface area contributed by atoms with Crippen molar-refractivity contribution in [2.45, 2.75) is 19.3 Å². The van der Waals surface area contributed by atoms with Crippen LogP contribution in [-0.2, 0) is 0 Å². The molecule has 0 bridgehead atoms. The van der Waals surface area contributed by atoms with Gasteiger partial charge in [-0.3, -0.25) is 4.79 Å². The Morgan fingerprint density at radius 2 is 1.90 bits per heavy atom. The van der Waals surface area contributed by atoms with Gasteiger partial charge in [0.15, 0.2) is 11.5 Å². The van der Waals surface area contributed by atoms with Gasteiger partial charge in [-0.15, -0.1) is 0 Å². The maximum absolute atomic E-state index is 13.4. The zero-order valence-electron chi connectivity index (χ0n) is 17.0. The number of aromatic nitrogens is 1. The minimum absolute atomic E-state index is 0.0343. The van der Waals surface area contributed by atoms with Gasteiger partial charge in [0, 0.05) is 44.0 Å². The summed E-state index contributed by atoms with van der Waals surface area (Å²) < 4.78 is 5.75. The number of hydrogen-bond donors (Lipinski definition) is 1. The summed E-state index contributed by atoms with van der Waals surface area (Å²) in [6.45, 7) is 4.12. The molecule has 0 saturated carbocycles. The Balaban J connectivity index is 1.57. The van der Waals surface area contributed by atoms with E-state index >= 15 is 0 Å². The predicted molar refractivity (Wildman–Crippen MR) is 116 cm³/mol. The fraction of sp³-hybridized carbons (Fsp3) is 0.391. The monoisotopic (exact) mass is 390 g/mol. The highest BCUT2D eigenvalue weighted by Crippen LogP contribution is 2.45. The van der Waals surface area contributed by atoms with Gasteiger partial charge < -0.3 is 19.6 Å². The lowest BCUT2D eigenvalue weighted by atomic mass is 9.86. The van der Waals surface area contributed by atoms with Crippen LogP contribution in [0.3, 0.4) is 0 Å². The third-order valence-corrected chi connectivity index (χ3v) is 6.05. The summed E-state index contributed by atoms with van der Waals surface area (Å²) >= 11 is 0. The average molecular weight is 390 g/mol. The topological polar surface area (TPSA) is 61.6 Å². The smallest absolute Gasteiger partial charge is 0.196 e. The molecular formula is C23H26N4O2. The number of fused-ring (bicyclic) bond motifs is 2. The maximum Gasteiger partial charge on any atom is 0.196 e. The van der Waals surface area contributed by atoms with Gasteiger partial charge in [0.05, 0.1) is 16.6 Å². The van der Waals surface area contributed by atoms with Gasteiger partial charge in [-0.25, -0.2) is 0 Å². The summed E-state index contributed by atoms with van der Waals surface area (Å²) in [6, 6.07) is 9.66. The van der Waals surface area contributed by atoms with Crippen molar-refractivity contribution in [2.75, 3.05) is 50.5 Å². The van der Waals surface area contributed by atoms with Crippen molar-refractivity contribution in [1.29, 1.82) is 0 Å². The molecule has 0 spiro atoms. The number of nitrogens with zero attached hydrogens (tertiary/aromatic N) is 3. The highest BCUT2D eigenvalue weighted by Gasteiger charge is 2.32. The van der Waals surface area contributed by atoms with Gasteiger partial charge in [0.1, 0.15) is 5.52 Å². The van der Waals surface area contributed by atoms with E-state index in [-0.39, 0.29) is 5.78 Å².